The van der Waals surface area contributed by atoms with Gasteiger partial charge in [-0.1, -0.05) is 18.2 Å². The maximum Gasteiger partial charge on any atom is 0.335 e. The average molecular weight is 341 g/mol. The van der Waals surface area contributed by atoms with E-state index in [4.69, 9.17) is 9.47 Å². The molecule has 1 heterocycles. The number of benzene rings is 2. The fourth-order valence-electron chi connectivity index (χ4n) is 2.98. The van der Waals surface area contributed by atoms with Gasteiger partial charge in [0.15, 0.2) is 0 Å². The topological polar surface area (TPSA) is 84.9 Å². The number of carboxylic acids is 1. The Kier molecular flexibility index (Phi) is 5.00. The van der Waals surface area contributed by atoms with Gasteiger partial charge in [0.1, 0.15) is 5.75 Å². The first kappa shape index (κ1) is 17.0. The molecule has 130 valence electrons. The van der Waals surface area contributed by atoms with Gasteiger partial charge in [-0.05, 0) is 36.2 Å². The highest BCUT2D eigenvalue weighted by Crippen LogP contribution is 2.34. The van der Waals surface area contributed by atoms with E-state index in [0.717, 1.165) is 5.56 Å². The lowest BCUT2D eigenvalue weighted by Gasteiger charge is -2.25. The van der Waals surface area contributed by atoms with E-state index in [1.165, 1.54) is 19.2 Å². The summed E-state index contributed by atoms with van der Waals surface area (Å²) in [6.45, 7) is 0.739. The summed E-state index contributed by atoms with van der Waals surface area (Å²) < 4.78 is 10.6. The van der Waals surface area contributed by atoms with E-state index < -0.39 is 5.97 Å². The van der Waals surface area contributed by atoms with Gasteiger partial charge in [0.2, 0.25) is 5.91 Å². The van der Waals surface area contributed by atoms with Crippen LogP contribution in [0, 0.1) is 0 Å². The summed E-state index contributed by atoms with van der Waals surface area (Å²) in [6, 6.07) is 12.2. The molecular weight excluding hydrogens is 322 g/mol. The van der Waals surface area contributed by atoms with E-state index in [-0.39, 0.29) is 24.0 Å². The Balaban J connectivity index is 1.85. The molecule has 0 aromatic heterocycles. The lowest BCUT2D eigenvalue weighted by atomic mass is 9.92. The van der Waals surface area contributed by atoms with Crippen LogP contribution in [0.3, 0.4) is 0 Å². The van der Waals surface area contributed by atoms with Gasteiger partial charge in [-0.15, -0.1) is 0 Å². The second-order valence-corrected chi connectivity index (χ2v) is 5.87. The fourth-order valence-corrected chi connectivity index (χ4v) is 2.98. The van der Waals surface area contributed by atoms with Crippen molar-refractivity contribution in [2.24, 2.45) is 0 Å². The highest BCUT2D eigenvalue weighted by molar-refractivity contribution is 5.98. The number of hydrogen-bond acceptors (Lipinski definition) is 4. The minimum atomic E-state index is -1.05. The Bertz CT molecular complexity index is 802. The largest absolute Gasteiger partial charge is 0.493 e. The number of nitrogens with one attached hydrogen (secondary N) is 1. The van der Waals surface area contributed by atoms with Crippen molar-refractivity contribution < 1.29 is 24.2 Å². The normalized spacial score (nSPS) is 15.8. The third kappa shape index (κ3) is 3.80. The van der Waals surface area contributed by atoms with Crippen LogP contribution in [-0.4, -0.2) is 30.7 Å². The summed E-state index contributed by atoms with van der Waals surface area (Å²) in [5, 5.41) is 12.1. The molecule has 2 N–H and O–H groups in total. The van der Waals surface area contributed by atoms with Gasteiger partial charge >= 0.3 is 5.97 Å². The van der Waals surface area contributed by atoms with Crippen LogP contribution >= 0.6 is 0 Å². The number of para-hydroxylation sites is 1. The first-order valence-corrected chi connectivity index (χ1v) is 7.97. The number of methoxy groups -OCH3 is 1. The van der Waals surface area contributed by atoms with Crippen molar-refractivity contribution in [3.63, 3.8) is 0 Å². The molecule has 3 rings (SSSR count). The summed E-state index contributed by atoms with van der Waals surface area (Å²) in [5.41, 5.74) is 2.08. The maximum atomic E-state index is 12.7. The molecule has 1 amide bonds. The zero-order valence-corrected chi connectivity index (χ0v) is 13.8. The van der Waals surface area contributed by atoms with E-state index in [9.17, 15) is 14.7 Å². The Morgan fingerprint density at radius 1 is 1.28 bits per heavy atom. The Labute approximate surface area is 145 Å². The van der Waals surface area contributed by atoms with Crippen molar-refractivity contribution in [3.8, 4) is 5.75 Å². The molecule has 0 bridgehead atoms. The second-order valence-electron chi connectivity index (χ2n) is 5.87. The van der Waals surface area contributed by atoms with Crippen LogP contribution in [0.4, 0.5) is 5.69 Å². The zero-order chi connectivity index (χ0) is 17.8. The SMILES string of the molecule is COCc1cc(NC(=O)C2CCOc3ccccc32)cc(C(=O)O)c1. The van der Waals surface area contributed by atoms with Crippen LogP contribution in [0.15, 0.2) is 42.5 Å². The van der Waals surface area contributed by atoms with Gasteiger partial charge in [-0.25, -0.2) is 4.79 Å². The second kappa shape index (κ2) is 7.36. The number of fused-ring (bicyclic) bond motifs is 1. The van der Waals surface area contributed by atoms with Gasteiger partial charge in [-0.3, -0.25) is 4.79 Å². The molecule has 0 saturated carbocycles. The van der Waals surface area contributed by atoms with Crippen molar-refractivity contribution in [2.45, 2.75) is 18.9 Å². The van der Waals surface area contributed by atoms with Crippen LogP contribution in [0.2, 0.25) is 0 Å². The van der Waals surface area contributed by atoms with Gasteiger partial charge < -0.3 is 19.9 Å². The van der Waals surface area contributed by atoms with Crippen LogP contribution in [-0.2, 0) is 16.1 Å². The maximum absolute atomic E-state index is 12.7. The Morgan fingerprint density at radius 2 is 2.08 bits per heavy atom. The van der Waals surface area contributed by atoms with Crippen molar-refractivity contribution >= 4 is 17.6 Å². The molecule has 6 nitrogen and oxygen atoms in total. The highest BCUT2D eigenvalue weighted by Gasteiger charge is 2.27. The lowest BCUT2D eigenvalue weighted by Crippen LogP contribution is -2.26. The summed E-state index contributed by atoms with van der Waals surface area (Å²) in [7, 11) is 1.53. The number of ether oxygens (including phenoxy) is 2. The van der Waals surface area contributed by atoms with E-state index in [1.54, 1.807) is 6.07 Å². The van der Waals surface area contributed by atoms with Crippen molar-refractivity contribution in [1.29, 1.82) is 0 Å². The third-order valence-corrected chi connectivity index (χ3v) is 4.09. The van der Waals surface area contributed by atoms with E-state index >= 15 is 0 Å². The molecule has 6 heteroatoms. The monoisotopic (exact) mass is 341 g/mol. The van der Waals surface area contributed by atoms with Crippen LogP contribution in [0.5, 0.6) is 5.75 Å². The standard InChI is InChI=1S/C19H19NO5/c1-24-11-12-8-13(19(22)23)10-14(9-12)20-18(21)16-6-7-25-17-5-3-2-4-15(16)17/h2-5,8-10,16H,6-7,11H2,1H3,(H,20,21)(H,22,23). The molecule has 1 atom stereocenters. The number of carboxylic acid groups (broad SMARTS) is 1. The molecule has 2 aromatic rings. The highest BCUT2D eigenvalue weighted by atomic mass is 16.5. The molecule has 0 spiro atoms. The molecule has 0 saturated heterocycles. The molecule has 1 aliphatic heterocycles. The first-order valence-electron chi connectivity index (χ1n) is 7.97. The Morgan fingerprint density at radius 3 is 2.84 bits per heavy atom. The molecule has 1 aliphatic rings. The number of carbonyl (C=O) groups is 2. The minimum absolute atomic E-state index is 0.109. The number of carbonyl (C=O) groups excluding carboxylic acids is 1. The summed E-state index contributed by atoms with van der Waals surface area (Å²) in [6.07, 6.45) is 0.576. The number of anilines is 1. The van der Waals surface area contributed by atoms with Crippen molar-refractivity contribution in [3.05, 3.63) is 59.2 Å². The number of amides is 1. The third-order valence-electron chi connectivity index (χ3n) is 4.09. The first-order chi connectivity index (χ1) is 12.1. The molecule has 0 radical (unpaired) electrons. The molecular formula is C19H19NO5. The van der Waals surface area contributed by atoms with Gasteiger partial charge in [-0.2, -0.15) is 0 Å². The number of aromatic carboxylic acids is 1. The van der Waals surface area contributed by atoms with Gasteiger partial charge in [0.05, 0.1) is 24.7 Å². The smallest absolute Gasteiger partial charge is 0.335 e. The predicted octanol–water partition coefficient (Wildman–Crippen LogP) is 3.04. The summed E-state index contributed by atoms with van der Waals surface area (Å²) in [4.78, 5) is 24.0. The molecule has 0 fully saturated rings. The quantitative estimate of drug-likeness (QED) is 0.873. The van der Waals surface area contributed by atoms with Crippen LogP contribution < -0.4 is 10.1 Å². The van der Waals surface area contributed by atoms with E-state index in [1.807, 2.05) is 24.3 Å². The Hall–Kier alpha value is -2.86. The summed E-state index contributed by atoms with van der Waals surface area (Å²) >= 11 is 0. The van der Waals surface area contributed by atoms with Crippen LogP contribution in [0.25, 0.3) is 0 Å². The molecule has 0 aliphatic carbocycles. The molecule has 1 unspecified atom stereocenters. The van der Waals surface area contributed by atoms with E-state index in [0.29, 0.717) is 30.0 Å². The van der Waals surface area contributed by atoms with Crippen molar-refractivity contribution in [2.75, 3.05) is 19.0 Å². The van der Waals surface area contributed by atoms with E-state index in [2.05, 4.69) is 5.32 Å². The van der Waals surface area contributed by atoms with Crippen LogP contribution in [0.1, 0.15) is 33.8 Å². The summed E-state index contributed by atoms with van der Waals surface area (Å²) in [5.74, 6) is -0.843. The van der Waals surface area contributed by atoms with Gasteiger partial charge in [0, 0.05) is 18.4 Å². The molecule has 2 aromatic carbocycles. The van der Waals surface area contributed by atoms with Crippen molar-refractivity contribution in [1.82, 2.24) is 0 Å². The minimum Gasteiger partial charge on any atom is -0.493 e. The molecule has 25 heavy (non-hydrogen) atoms. The average Bonchev–Trinajstić information content (AvgIpc) is 2.61. The number of hydrogen-bond donors (Lipinski definition) is 2. The number of rotatable bonds is 5. The van der Waals surface area contributed by atoms with Gasteiger partial charge in [0.25, 0.3) is 0 Å². The zero-order valence-electron chi connectivity index (χ0n) is 13.8. The lowest BCUT2D eigenvalue weighted by molar-refractivity contribution is -0.118. The predicted molar refractivity (Wildman–Crippen MR) is 92.0 cm³/mol. The fraction of sp³-hybridized carbons (Fsp3) is 0.263.